The number of amides is 1. The molecule has 26 heavy (non-hydrogen) atoms. The number of piperazine rings is 1. The molecular formula is C19H20F3N2O2+. The van der Waals surface area contributed by atoms with Crippen LogP contribution in [0.5, 0.6) is 5.75 Å². The molecule has 1 fully saturated rings. The van der Waals surface area contributed by atoms with Crippen LogP contribution in [0.4, 0.5) is 13.2 Å². The van der Waals surface area contributed by atoms with E-state index in [1.165, 1.54) is 18.1 Å². The average molecular weight is 365 g/mol. The molecule has 2 aromatic carbocycles. The van der Waals surface area contributed by atoms with Crippen LogP contribution in [-0.2, 0) is 6.54 Å². The van der Waals surface area contributed by atoms with E-state index in [4.69, 9.17) is 4.74 Å². The lowest BCUT2D eigenvalue weighted by Gasteiger charge is -2.32. The highest BCUT2D eigenvalue weighted by Gasteiger charge is 2.25. The molecular weight excluding hydrogens is 345 g/mol. The van der Waals surface area contributed by atoms with Crippen LogP contribution in [0.2, 0.25) is 0 Å². The molecule has 0 aromatic heterocycles. The second-order valence-electron chi connectivity index (χ2n) is 6.35. The molecule has 4 nitrogen and oxygen atoms in total. The van der Waals surface area contributed by atoms with Crippen molar-refractivity contribution in [1.29, 1.82) is 0 Å². The van der Waals surface area contributed by atoms with Crippen molar-refractivity contribution in [2.45, 2.75) is 6.54 Å². The molecule has 0 spiro atoms. The van der Waals surface area contributed by atoms with Crippen molar-refractivity contribution in [3.8, 4) is 5.75 Å². The fourth-order valence-electron chi connectivity index (χ4n) is 3.17. The van der Waals surface area contributed by atoms with Crippen LogP contribution in [0.25, 0.3) is 0 Å². The first kappa shape index (κ1) is 18.3. The number of hydrogen-bond acceptors (Lipinski definition) is 2. The Bertz CT molecular complexity index is 785. The number of benzene rings is 2. The number of rotatable bonds is 4. The van der Waals surface area contributed by atoms with Crippen LogP contribution in [0, 0.1) is 17.5 Å². The summed E-state index contributed by atoms with van der Waals surface area (Å²) in [5.74, 6) is -2.09. The molecule has 0 saturated carbocycles. The molecule has 0 radical (unpaired) electrons. The van der Waals surface area contributed by atoms with Crippen LogP contribution in [0.15, 0.2) is 36.4 Å². The average Bonchev–Trinajstić information content (AvgIpc) is 2.61. The highest BCUT2D eigenvalue weighted by Crippen LogP contribution is 2.17. The number of carbonyl (C=O) groups is 1. The minimum atomic E-state index is -0.765. The van der Waals surface area contributed by atoms with E-state index >= 15 is 0 Å². The van der Waals surface area contributed by atoms with Gasteiger partial charge >= 0.3 is 0 Å². The van der Waals surface area contributed by atoms with Crippen molar-refractivity contribution in [2.75, 3.05) is 33.3 Å². The van der Waals surface area contributed by atoms with Crippen LogP contribution in [-0.4, -0.2) is 44.1 Å². The van der Waals surface area contributed by atoms with Gasteiger partial charge in [-0.15, -0.1) is 0 Å². The molecule has 0 unspecified atom stereocenters. The molecule has 1 N–H and O–H groups in total. The maximum atomic E-state index is 13.8. The minimum absolute atomic E-state index is 0.0168. The van der Waals surface area contributed by atoms with Crippen molar-refractivity contribution in [1.82, 2.24) is 4.90 Å². The van der Waals surface area contributed by atoms with Gasteiger partial charge in [0.15, 0.2) is 11.6 Å². The van der Waals surface area contributed by atoms with E-state index in [0.717, 1.165) is 23.8 Å². The SMILES string of the molecule is COc1ccc(C[NH+]2CCN(C(=O)c3cc(F)cc(F)c3)CC2)cc1F. The molecule has 0 bridgehead atoms. The quantitative estimate of drug-likeness (QED) is 0.894. The van der Waals surface area contributed by atoms with Crippen molar-refractivity contribution < 1.29 is 27.6 Å². The molecule has 1 aliphatic rings. The second-order valence-corrected chi connectivity index (χ2v) is 6.35. The largest absolute Gasteiger partial charge is 0.494 e. The first-order chi connectivity index (χ1) is 12.5. The number of ether oxygens (including phenoxy) is 1. The Balaban J connectivity index is 1.58. The molecule has 1 amide bonds. The smallest absolute Gasteiger partial charge is 0.254 e. The number of nitrogens with one attached hydrogen (secondary N) is 1. The highest BCUT2D eigenvalue weighted by atomic mass is 19.1. The van der Waals surface area contributed by atoms with Crippen molar-refractivity contribution in [2.24, 2.45) is 0 Å². The summed E-state index contributed by atoms with van der Waals surface area (Å²) >= 11 is 0. The second kappa shape index (κ2) is 7.78. The zero-order valence-electron chi connectivity index (χ0n) is 14.4. The Labute approximate surface area is 149 Å². The fraction of sp³-hybridized carbons (Fsp3) is 0.316. The van der Waals surface area contributed by atoms with Gasteiger partial charge in [-0.05, 0) is 30.3 Å². The van der Waals surface area contributed by atoms with Gasteiger partial charge in [0.2, 0.25) is 0 Å². The Morgan fingerprint density at radius 3 is 2.31 bits per heavy atom. The molecule has 7 heteroatoms. The van der Waals surface area contributed by atoms with Gasteiger partial charge in [-0.2, -0.15) is 0 Å². The van der Waals surface area contributed by atoms with Gasteiger partial charge in [0.25, 0.3) is 5.91 Å². The number of quaternary nitrogens is 1. The van der Waals surface area contributed by atoms with Gasteiger partial charge in [-0.25, -0.2) is 13.2 Å². The molecule has 1 saturated heterocycles. The van der Waals surface area contributed by atoms with Crippen LogP contribution < -0.4 is 9.64 Å². The molecule has 1 heterocycles. The topological polar surface area (TPSA) is 34.0 Å². The van der Waals surface area contributed by atoms with E-state index in [0.29, 0.717) is 32.7 Å². The van der Waals surface area contributed by atoms with Crippen molar-refractivity contribution in [3.63, 3.8) is 0 Å². The predicted molar refractivity (Wildman–Crippen MR) is 89.6 cm³/mol. The number of carbonyl (C=O) groups excluding carboxylic acids is 1. The Morgan fingerprint density at radius 1 is 1.08 bits per heavy atom. The van der Waals surface area contributed by atoms with Crippen LogP contribution in [0.3, 0.4) is 0 Å². The first-order valence-electron chi connectivity index (χ1n) is 8.37. The predicted octanol–water partition coefficient (Wildman–Crippen LogP) is 1.65. The third-order valence-electron chi connectivity index (χ3n) is 4.54. The number of hydrogen-bond donors (Lipinski definition) is 1. The normalized spacial score (nSPS) is 15.2. The maximum absolute atomic E-state index is 13.8. The van der Waals surface area contributed by atoms with Crippen molar-refractivity contribution >= 4 is 5.91 Å². The lowest BCUT2D eigenvalue weighted by atomic mass is 10.1. The van der Waals surface area contributed by atoms with Gasteiger partial charge in [-0.3, -0.25) is 4.79 Å². The van der Waals surface area contributed by atoms with Crippen LogP contribution in [0.1, 0.15) is 15.9 Å². The van der Waals surface area contributed by atoms with E-state index < -0.39 is 17.5 Å². The summed E-state index contributed by atoms with van der Waals surface area (Å²) in [4.78, 5) is 15.2. The Kier molecular flexibility index (Phi) is 5.46. The highest BCUT2D eigenvalue weighted by molar-refractivity contribution is 5.94. The van der Waals surface area contributed by atoms with Gasteiger partial charge in [-0.1, -0.05) is 0 Å². The number of halogens is 3. The number of methoxy groups -OCH3 is 1. The van der Waals surface area contributed by atoms with Crippen molar-refractivity contribution in [3.05, 3.63) is 65.0 Å². The van der Waals surface area contributed by atoms with E-state index in [9.17, 15) is 18.0 Å². The minimum Gasteiger partial charge on any atom is -0.494 e. The molecule has 138 valence electrons. The summed E-state index contributed by atoms with van der Waals surface area (Å²) in [5.41, 5.74) is 0.869. The molecule has 0 atom stereocenters. The zero-order valence-corrected chi connectivity index (χ0v) is 14.4. The summed E-state index contributed by atoms with van der Waals surface area (Å²) in [5, 5.41) is 0. The van der Waals surface area contributed by atoms with Gasteiger partial charge in [0.1, 0.15) is 18.2 Å². The third kappa shape index (κ3) is 4.16. The number of nitrogens with zero attached hydrogens (tertiary/aromatic N) is 1. The van der Waals surface area contributed by atoms with E-state index in [1.807, 2.05) is 6.07 Å². The van der Waals surface area contributed by atoms with Crippen LogP contribution >= 0.6 is 0 Å². The molecule has 1 aliphatic heterocycles. The van der Waals surface area contributed by atoms with E-state index in [-0.39, 0.29) is 17.2 Å². The Morgan fingerprint density at radius 2 is 1.73 bits per heavy atom. The summed E-state index contributed by atoms with van der Waals surface area (Å²) in [6.07, 6.45) is 0. The van der Waals surface area contributed by atoms with Gasteiger partial charge in [0.05, 0.1) is 33.3 Å². The summed E-state index contributed by atoms with van der Waals surface area (Å²) in [7, 11) is 1.42. The maximum Gasteiger partial charge on any atom is 0.254 e. The summed E-state index contributed by atoms with van der Waals surface area (Å²) in [6.45, 7) is 2.95. The first-order valence-corrected chi connectivity index (χ1v) is 8.37. The lowest BCUT2D eigenvalue weighted by Crippen LogP contribution is -3.13. The van der Waals surface area contributed by atoms with Gasteiger partial charge < -0.3 is 14.5 Å². The monoisotopic (exact) mass is 365 g/mol. The zero-order chi connectivity index (χ0) is 18.7. The summed E-state index contributed by atoms with van der Waals surface area (Å²) < 4.78 is 45.3. The summed E-state index contributed by atoms with van der Waals surface area (Å²) in [6, 6.07) is 7.71. The fourth-order valence-corrected chi connectivity index (χ4v) is 3.17. The molecule has 2 aromatic rings. The molecule has 3 rings (SSSR count). The molecule has 0 aliphatic carbocycles. The van der Waals surface area contributed by atoms with E-state index in [2.05, 4.69) is 0 Å². The standard InChI is InChI=1S/C19H19F3N2O2/c1-26-18-3-2-13(8-17(18)22)12-23-4-6-24(7-5-23)19(25)14-9-15(20)11-16(21)10-14/h2-3,8-11H,4-7,12H2,1H3/p+1. The van der Waals surface area contributed by atoms with E-state index in [1.54, 1.807) is 11.0 Å². The third-order valence-corrected chi connectivity index (χ3v) is 4.54. The lowest BCUT2D eigenvalue weighted by molar-refractivity contribution is -0.917. The van der Waals surface area contributed by atoms with Gasteiger partial charge in [0, 0.05) is 17.2 Å². The Hall–Kier alpha value is -2.54.